The lowest BCUT2D eigenvalue weighted by atomic mass is 10.1. The number of likely N-dealkylation sites (N-methyl/N-ethyl adjacent to an activating group) is 1. The van der Waals surface area contributed by atoms with Crippen molar-refractivity contribution in [2.24, 2.45) is 0 Å². The van der Waals surface area contributed by atoms with Crippen LogP contribution in [-0.2, 0) is 9.53 Å². The number of nitrogens with one attached hydrogen (secondary N) is 1. The zero-order valence-electron chi connectivity index (χ0n) is 10.1. The molecule has 1 aromatic carbocycles. The fraction of sp³-hybridized carbons (Fsp3) is 0.417. The molecular weight excluding hydrogens is 286 g/mol. The molecule has 1 rings (SSSR count). The summed E-state index contributed by atoms with van der Waals surface area (Å²) in [5.74, 6) is 0.444. The van der Waals surface area contributed by atoms with Crippen LogP contribution in [0.25, 0.3) is 0 Å². The minimum atomic E-state index is -0.461. The van der Waals surface area contributed by atoms with Crippen LogP contribution in [0.2, 0.25) is 0 Å². The molecule has 0 spiro atoms. The summed E-state index contributed by atoms with van der Waals surface area (Å²) in [4.78, 5) is 11.7. The summed E-state index contributed by atoms with van der Waals surface area (Å²) in [6, 6.07) is 5.03. The molecule has 1 aromatic rings. The topological polar surface area (TPSA) is 47.6 Å². The zero-order chi connectivity index (χ0) is 12.8. The maximum absolute atomic E-state index is 11.7. The van der Waals surface area contributed by atoms with Crippen molar-refractivity contribution in [1.29, 1.82) is 0 Å². The molecule has 0 aliphatic carbocycles. The first kappa shape index (κ1) is 14.0. The van der Waals surface area contributed by atoms with Gasteiger partial charge in [-0.2, -0.15) is 0 Å². The molecule has 17 heavy (non-hydrogen) atoms. The van der Waals surface area contributed by atoms with Crippen LogP contribution in [0.15, 0.2) is 22.7 Å². The molecule has 4 nitrogen and oxygen atoms in total. The average molecular weight is 302 g/mol. The number of carbonyl (C=O) groups is 1. The van der Waals surface area contributed by atoms with E-state index in [1.54, 1.807) is 21.1 Å². The summed E-state index contributed by atoms with van der Waals surface area (Å²) in [7, 11) is 3.32. The smallest absolute Gasteiger partial charge is 0.327 e. The summed E-state index contributed by atoms with van der Waals surface area (Å²) in [5.41, 5.74) is 0.832. The number of hydrogen-bond acceptors (Lipinski definition) is 4. The Kier molecular flexibility index (Phi) is 5.44. The van der Waals surface area contributed by atoms with Crippen LogP contribution in [0.5, 0.6) is 5.75 Å². The van der Waals surface area contributed by atoms with Gasteiger partial charge in [-0.1, -0.05) is 6.07 Å². The van der Waals surface area contributed by atoms with Gasteiger partial charge in [0, 0.05) is 0 Å². The van der Waals surface area contributed by atoms with Gasteiger partial charge in [0.2, 0.25) is 0 Å². The molecule has 0 saturated heterocycles. The van der Waals surface area contributed by atoms with Gasteiger partial charge in [0.1, 0.15) is 11.8 Å². The first-order chi connectivity index (χ1) is 8.13. The third-order valence-corrected chi connectivity index (χ3v) is 2.94. The summed E-state index contributed by atoms with van der Waals surface area (Å²) in [6.45, 7) is 2.16. The second kappa shape index (κ2) is 6.61. The van der Waals surface area contributed by atoms with Crippen LogP contribution in [0.3, 0.4) is 0 Å². The number of carbonyl (C=O) groups excluding carboxylic acids is 1. The van der Waals surface area contributed by atoms with E-state index < -0.39 is 6.04 Å². The largest absolute Gasteiger partial charge is 0.496 e. The van der Waals surface area contributed by atoms with Crippen molar-refractivity contribution in [2.45, 2.75) is 13.0 Å². The van der Waals surface area contributed by atoms with E-state index >= 15 is 0 Å². The molecule has 0 bridgehead atoms. The molecule has 0 fully saturated rings. The van der Waals surface area contributed by atoms with Gasteiger partial charge in [0.05, 0.1) is 18.2 Å². The lowest BCUT2D eigenvalue weighted by Crippen LogP contribution is -2.27. The number of esters is 1. The normalized spacial score (nSPS) is 12.0. The standard InChI is InChI=1S/C12H16BrNO3/c1-4-17-12(15)11(14-2)8-5-6-10(16-3)9(13)7-8/h5-7,11,14H,4H2,1-3H3. The highest BCUT2D eigenvalue weighted by Gasteiger charge is 2.20. The molecule has 0 amide bonds. The van der Waals surface area contributed by atoms with Crippen molar-refractivity contribution < 1.29 is 14.3 Å². The number of rotatable bonds is 5. The maximum Gasteiger partial charge on any atom is 0.327 e. The van der Waals surface area contributed by atoms with E-state index in [9.17, 15) is 4.79 Å². The molecule has 5 heteroatoms. The summed E-state index contributed by atoms with van der Waals surface area (Å²) >= 11 is 3.39. The Bertz CT molecular complexity index is 395. The van der Waals surface area contributed by atoms with E-state index in [1.165, 1.54) is 0 Å². The third-order valence-electron chi connectivity index (χ3n) is 2.32. The molecule has 0 radical (unpaired) electrons. The van der Waals surface area contributed by atoms with Crippen LogP contribution in [0.1, 0.15) is 18.5 Å². The number of hydrogen-bond donors (Lipinski definition) is 1. The fourth-order valence-corrected chi connectivity index (χ4v) is 2.07. The highest BCUT2D eigenvalue weighted by molar-refractivity contribution is 9.10. The van der Waals surface area contributed by atoms with Gasteiger partial charge >= 0.3 is 5.97 Å². The van der Waals surface area contributed by atoms with Crippen molar-refractivity contribution >= 4 is 21.9 Å². The average Bonchev–Trinajstić information content (AvgIpc) is 2.30. The zero-order valence-corrected chi connectivity index (χ0v) is 11.7. The Hall–Kier alpha value is -1.07. The van der Waals surface area contributed by atoms with Crippen LogP contribution in [0.4, 0.5) is 0 Å². The van der Waals surface area contributed by atoms with Crippen LogP contribution in [-0.4, -0.2) is 26.7 Å². The monoisotopic (exact) mass is 301 g/mol. The van der Waals surface area contributed by atoms with Crippen molar-refractivity contribution in [3.63, 3.8) is 0 Å². The molecule has 0 aromatic heterocycles. The lowest BCUT2D eigenvalue weighted by molar-refractivity contribution is -0.145. The minimum absolute atomic E-state index is 0.285. The fourth-order valence-electron chi connectivity index (χ4n) is 1.51. The molecule has 1 N–H and O–H groups in total. The first-order valence-electron chi connectivity index (χ1n) is 5.31. The predicted molar refractivity (Wildman–Crippen MR) is 69.1 cm³/mol. The molecule has 0 heterocycles. The van der Waals surface area contributed by atoms with E-state index in [0.717, 1.165) is 15.8 Å². The highest BCUT2D eigenvalue weighted by atomic mass is 79.9. The second-order valence-corrected chi connectivity index (χ2v) is 4.22. The predicted octanol–water partition coefficient (Wildman–Crippen LogP) is 2.28. The van der Waals surface area contributed by atoms with E-state index in [0.29, 0.717) is 6.61 Å². The van der Waals surface area contributed by atoms with Crippen LogP contribution >= 0.6 is 15.9 Å². The Morgan fingerprint density at radius 3 is 2.71 bits per heavy atom. The molecule has 0 saturated carbocycles. The van der Waals surface area contributed by atoms with Gasteiger partial charge in [0.25, 0.3) is 0 Å². The van der Waals surface area contributed by atoms with Gasteiger partial charge < -0.3 is 14.8 Å². The van der Waals surface area contributed by atoms with Crippen molar-refractivity contribution in [1.82, 2.24) is 5.32 Å². The number of benzene rings is 1. The van der Waals surface area contributed by atoms with Crippen LogP contribution in [0, 0.1) is 0 Å². The molecular formula is C12H16BrNO3. The molecule has 0 aliphatic heterocycles. The van der Waals surface area contributed by atoms with Crippen molar-refractivity contribution in [3.05, 3.63) is 28.2 Å². The quantitative estimate of drug-likeness (QED) is 0.848. The number of halogens is 1. The van der Waals surface area contributed by atoms with Gasteiger partial charge in [-0.05, 0) is 47.6 Å². The lowest BCUT2D eigenvalue weighted by Gasteiger charge is -2.16. The van der Waals surface area contributed by atoms with E-state index in [2.05, 4.69) is 21.2 Å². The molecule has 94 valence electrons. The minimum Gasteiger partial charge on any atom is -0.496 e. The SMILES string of the molecule is CCOC(=O)C(NC)c1ccc(OC)c(Br)c1. The Morgan fingerprint density at radius 2 is 2.24 bits per heavy atom. The summed E-state index contributed by atoms with van der Waals surface area (Å²) in [6.07, 6.45) is 0. The van der Waals surface area contributed by atoms with Gasteiger partial charge in [-0.15, -0.1) is 0 Å². The van der Waals surface area contributed by atoms with E-state index in [4.69, 9.17) is 9.47 Å². The van der Waals surface area contributed by atoms with Gasteiger partial charge in [0.15, 0.2) is 0 Å². The Balaban J connectivity index is 2.96. The number of ether oxygens (including phenoxy) is 2. The summed E-state index contributed by atoms with van der Waals surface area (Å²) in [5, 5.41) is 2.93. The Morgan fingerprint density at radius 1 is 1.53 bits per heavy atom. The second-order valence-electron chi connectivity index (χ2n) is 3.37. The van der Waals surface area contributed by atoms with Gasteiger partial charge in [-0.25, -0.2) is 4.79 Å². The van der Waals surface area contributed by atoms with Crippen molar-refractivity contribution in [2.75, 3.05) is 20.8 Å². The molecule has 1 unspecified atom stereocenters. The Labute approximate surface area is 109 Å². The van der Waals surface area contributed by atoms with Crippen molar-refractivity contribution in [3.8, 4) is 5.75 Å². The van der Waals surface area contributed by atoms with Crippen LogP contribution < -0.4 is 10.1 Å². The summed E-state index contributed by atoms with van der Waals surface area (Å²) < 4.78 is 10.9. The van der Waals surface area contributed by atoms with E-state index in [1.807, 2.05) is 18.2 Å². The highest BCUT2D eigenvalue weighted by Crippen LogP contribution is 2.28. The number of methoxy groups -OCH3 is 1. The van der Waals surface area contributed by atoms with Gasteiger partial charge in [-0.3, -0.25) is 0 Å². The maximum atomic E-state index is 11.7. The van der Waals surface area contributed by atoms with E-state index in [-0.39, 0.29) is 5.97 Å². The molecule has 0 aliphatic rings. The molecule has 1 atom stereocenters. The first-order valence-corrected chi connectivity index (χ1v) is 6.10. The third kappa shape index (κ3) is 3.44.